The Balaban J connectivity index is 1.92. The van der Waals surface area contributed by atoms with Crippen LogP contribution in [-0.4, -0.2) is 83.1 Å². The highest BCUT2D eigenvalue weighted by Crippen LogP contribution is 2.68. The monoisotopic (exact) mass is 770 g/mol. The molecule has 1 saturated heterocycles. The predicted molar refractivity (Wildman–Crippen MR) is 206 cm³/mol. The third kappa shape index (κ3) is 6.82. The summed E-state index contributed by atoms with van der Waals surface area (Å²) in [7, 11) is -4.62. The van der Waals surface area contributed by atoms with Crippen LogP contribution >= 0.6 is 0 Å². The maximum atomic E-state index is 15.7. The lowest BCUT2D eigenvalue weighted by molar-refractivity contribution is -0.351. The molecule has 0 N–H and O–H groups in total. The third-order valence-electron chi connectivity index (χ3n) is 13.6. The smallest absolute Gasteiger partial charge is 0.338 e. The standard InChI is InChI=1S/C41H62O10Si2/c1-14-53(15-2,16-3)51-30-22-31-41(24-46-31,49-27(6)43)34-36(48-37(45)28-20-18-17-19-21-28)39(9)23-29(50-52(11,12)13)25(4)32(38(39,7)8)33(44)35(40(30,34)10)47-26(5)42/h17-21,29-31,34-36H,14-16,22-24H2,1-13H3/t29-,30-,31+,34?,35+,36-,39-,40+,41-/m0/s1. The van der Waals surface area contributed by atoms with Gasteiger partial charge >= 0.3 is 17.9 Å². The van der Waals surface area contributed by atoms with Crippen LogP contribution in [0, 0.1) is 22.2 Å². The van der Waals surface area contributed by atoms with E-state index in [4.69, 9.17) is 27.8 Å². The molecule has 1 unspecified atom stereocenters. The summed E-state index contributed by atoms with van der Waals surface area (Å²) in [6.45, 7) is 25.4. The van der Waals surface area contributed by atoms with Crippen LogP contribution in [0.15, 0.2) is 41.5 Å². The normalized spacial score (nSPS) is 35.2. The number of esters is 3. The Morgan fingerprint density at radius 2 is 1.49 bits per heavy atom. The van der Waals surface area contributed by atoms with Gasteiger partial charge in [0.1, 0.15) is 12.2 Å². The van der Waals surface area contributed by atoms with Gasteiger partial charge in [-0.15, -0.1) is 0 Å². The summed E-state index contributed by atoms with van der Waals surface area (Å²) in [5, 5.41) is 0. The molecule has 4 aliphatic rings. The second-order valence-corrected chi connectivity index (χ2v) is 27.0. The molecule has 53 heavy (non-hydrogen) atoms. The lowest BCUT2D eigenvalue weighted by Crippen LogP contribution is -2.81. The highest BCUT2D eigenvalue weighted by atomic mass is 28.4. The third-order valence-corrected chi connectivity index (χ3v) is 19.2. The summed E-state index contributed by atoms with van der Waals surface area (Å²) in [6.07, 6.45) is -3.38. The molecule has 9 atom stereocenters. The zero-order valence-corrected chi connectivity index (χ0v) is 36.2. The minimum absolute atomic E-state index is 0.0234. The Kier molecular flexibility index (Phi) is 11.3. The molecule has 1 aromatic carbocycles. The van der Waals surface area contributed by atoms with Crippen molar-refractivity contribution in [2.75, 3.05) is 6.61 Å². The van der Waals surface area contributed by atoms with Crippen molar-refractivity contribution in [1.82, 2.24) is 0 Å². The summed E-state index contributed by atoms with van der Waals surface area (Å²) in [6, 6.07) is 11.3. The number of Topliss-reactive ketones (excluding diaryl/α,β-unsaturated/α-hetero) is 1. The molecule has 12 heteroatoms. The molecule has 0 amide bonds. The zero-order chi connectivity index (χ0) is 39.5. The predicted octanol–water partition coefficient (Wildman–Crippen LogP) is 7.82. The molecule has 0 radical (unpaired) electrons. The van der Waals surface area contributed by atoms with E-state index in [1.807, 2.05) is 33.8 Å². The van der Waals surface area contributed by atoms with Gasteiger partial charge in [0.25, 0.3) is 0 Å². The Morgan fingerprint density at radius 3 is 1.98 bits per heavy atom. The first kappa shape index (κ1) is 41.5. The van der Waals surface area contributed by atoms with E-state index in [1.54, 1.807) is 24.3 Å². The van der Waals surface area contributed by atoms with Gasteiger partial charge in [-0.2, -0.15) is 0 Å². The Labute approximate surface area is 318 Å². The molecule has 10 nitrogen and oxygen atoms in total. The number of ether oxygens (including phenoxy) is 4. The van der Waals surface area contributed by atoms with Crippen molar-refractivity contribution in [2.24, 2.45) is 22.2 Å². The van der Waals surface area contributed by atoms with Crippen molar-refractivity contribution in [2.45, 2.75) is 156 Å². The van der Waals surface area contributed by atoms with E-state index in [-0.39, 0.29) is 12.4 Å². The van der Waals surface area contributed by atoms with Crippen molar-refractivity contribution in [3.05, 3.63) is 47.0 Å². The minimum atomic E-state index is -2.42. The van der Waals surface area contributed by atoms with Crippen LogP contribution in [-0.2, 0) is 42.2 Å². The number of fused-ring (bicyclic) bond motifs is 5. The molecular weight excluding hydrogens is 709 g/mol. The number of ketones is 1. The van der Waals surface area contributed by atoms with Gasteiger partial charge in [0.15, 0.2) is 28.3 Å². The summed E-state index contributed by atoms with van der Waals surface area (Å²) in [5.74, 6) is -2.90. The number of carbonyl (C=O) groups is 4. The fourth-order valence-electron chi connectivity index (χ4n) is 10.3. The van der Waals surface area contributed by atoms with Gasteiger partial charge in [-0.1, -0.05) is 66.7 Å². The van der Waals surface area contributed by atoms with E-state index in [1.165, 1.54) is 13.8 Å². The second kappa shape index (κ2) is 14.5. The Hall–Kier alpha value is -2.65. The van der Waals surface area contributed by atoms with Crippen molar-refractivity contribution in [3.63, 3.8) is 0 Å². The minimum Gasteiger partial charge on any atom is -0.458 e. The average Bonchev–Trinajstić information content (AvgIpc) is 3.07. The largest absolute Gasteiger partial charge is 0.458 e. The zero-order valence-electron chi connectivity index (χ0n) is 34.2. The number of hydrogen-bond donors (Lipinski definition) is 0. The van der Waals surface area contributed by atoms with Gasteiger partial charge < -0.3 is 27.8 Å². The summed E-state index contributed by atoms with van der Waals surface area (Å²) < 4.78 is 40.3. The van der Waals surface area contributed by atoms with Crippen molar-refractivity contribution >= 4 is 40.3 Å². The molecule has 3 aliphatic carbocycles. The molecular formula is C41H62O10Si2. The van der Waals surface area contributed by atoms with Gasteiger partial charge in [0, 0.05) is 42.1 Å². The van der Waals surface area contributed by atoms with Crippen LogP contribution in [0.2, 0.25) is 37.8 Å². The van der Waals surface area contributed by atoms with E-state index in [9.17, 15) is 14.4 Å². The molecule has 0 spiro atoms. The van der Waals surface area contributed by atoms with Crippen molar-refractivity contribution in [3.8, 4) is 0 Å². The first-order valence-electron chi connectivity index (χ1n) is 19.4. The van der Waals surface area contributed by atoms with Gasteiger partial charge in [0.2, 0.25) is 5.78 Å². The topological polar surface area (TPSA) is 124 Å². The first-order valence-corrected chi connectivity index (χ1v) is 25.4. The van der Waals surface area contributed by atoms with Gasteiger partial charge in [0.05, 0.1) is 30.3 Å². The van der Waals surface area contributed by atoms with Crippen molar-refractivity contribution in [1.29, 1.82) is 0 Å². The van der Waals surface area contributed by atoms with Crippen LogP contribution < -0.4 is 0 Å². The summed E-state index contributed by atoms with van der Waals surface area (Å²) >= 11 is 0. The van der Waals surface area contributed by atoms with E-state index < -0.39 is 92.8 Å². The van der Waals surface area contributed by atoms with Crippen LogP contribution in [0.25, 0.3) is 0 Å². The highest BCUT2D eigenvalue weighted by molar-refractivity contribution is 6.73. The molecule has 5 rings (SSSR count). The molecule has 1 aliphatic heterocycles. The van der Waals surface area contributed by atoms with Crippen LogP contribution in [0.4, 0.5) is 0 Å². The summed E-state index contributed by atoms with van der Waals surface area (Å²) in [4.78, 5) is 56.8. The number of carbonyl (C=O) groups excluding carboxylic acids is 4. The second-order valence-electron chi connectivity index (χ2n) is 17.8. The molecule has 1 heterocycles. The lowest BCUT2D eigenvalue weighted by atomic mass is 9.42. The van der Waals surface area contributed by atoms with E-state index in [0.29, 0.717) is 24.0 Å². The fraction of sp³-hybridized carbons (Fsp3) is 0.707. The fourth-order valence-corrected chi connectivity index (χ4v) is 14.3. The van der Waals surface area contributed by atoms with E-state index in [2.05, 4.69) is 47.3 Å². The maximum Gasteiger partial charge on any atom is 0.338 e. The lowest BCUT2D eigenvalue weighted by Gasteiger charge is -2.69. The molecule has 2 bridgehead atoms. The Morgan fingerprint density at radius 1 is 0.887 bits per heavy atom. The Bertz CT molecular complexity index is 1620. The summed E-state index contributed by atoms with van der Waals surface area (Å²) in [5.41, 5.74) is -2.90. The molecule has 0 aromatic heterocycles. The van der Waals surface area contributed by atoms with Crippen LogP contribution in [0.3, 0.4) is 0 Å². The van der Waals surface area contributed by atoms with Crippen molar-refractivity contribution < 1.29 is 47.0 Å². The molecule has 3 fully saturated rings. The maximum absolute atomic E-state index is 15.7. The van der Waals surface area contributed by atoms with E-state index >= 15 is 4.79 Å². The SMILES string of the molecule is CC[Si](CC)(CC)O[C@H]1C[C@H]2OC[C@@]2(OC(C)=O)C2[C@H](OC(=O)c3ccccc3)[C@]3(C)C[C@H](O[Si](C)(C)C)C(C)=C(C(=O)[C@@H](OC(C)=O)[C@@]21C)C3(C)C. The van der Waals surface area contributed by atoms with E-state index in [0.717, 1.165) is 23.7 Å². The molecule has 1 aromatic rings. The first-order chi connectivity index (χ1) is 24.6. The number of rotatable bonds is 11. The van der Waals surface area contributed by atoms with Gasteiger partial charge in [-0.05, 0) is 68.8 Å². The van der Waals surface area contributed by atoms with Gasteiger partial charge in [-0.3, -0.25) is 14.4 Å². The molecule has 294 valence electrons. The quantitative estimate of drug-likeness (QED) is 0.125. The number of benzene rings is 1. The van der Waals surface area contributed by atoms with Crippen LogP contribution in [0.1, 0.15) is 92.4 Å². The average molecular weight is 771 g/mol. The van der Waals surface area contributed by atoms with Gasteiger partial charge in [-0.25, -0.2) is 4.79 Å². The van der Waals surface area contributed by atoms with Crippen LogP contribution in [0.5, 0.6) is 0 Å². The number of hydrogen-bond acceptors (Lipinski definition) is 10. The molecule has 2 saturated carbocycles. The highest BCUT2D eigenvalue weighted by Gasteiger charge is 2.78.